The molecule has 0 atom stereocenters. The van der Waals surface area contributed by atoms with Crippen LogP contribution >= 0.6 is 23.5 Å². The Bertz CT molecular complexity index is 1050. The highest BCUT2D eigenvalue weighted by atomic mass is 32.2. The second-order valence-corrected chi connectivity index (χ2v) is 8.15. The summed E-state index contributed by atoms with van der Waals surface area (Å²) in [5.41, 5.74) is 2.70. The SMILES string of the molecule is CCN(C(=O)c1ccccc1SC)c1cccc(NC(=O)c2ccccc2SC)c1. The Hall–Kier alpha value is -2.70. The smallest absolute Gasteiger partial charge is 0.259 e. The van der Waals surface area contributed by atoms with Gasteiger partial charge < -0.3 is 10.2 Å². The van der Waals surface area contributed by atoms with Crippen LogP contribution < -0.4 is 10.2 Å². The van der Waals surface area contributed by atoms with Gasteiger partial charge in [0.2, 0.25) is 0 Å². The molecule has 6 heteroatoms. The van der Waals surface area contributed by atoms with Crippen molar-refractivity contribution in [1.82, 2.24) is 0 Å². The molecular weight excluding hydrogens is 412 g/mol. The van der Waals surface area contributed by atoms with Gasteiger partial charge in [-0.15, -0.1) is 23.5 Å². The Morgan fingerprint density at radius 1 is 0.833 bits per heavy atom. The number of carbonyl (C=O) groups is 2. The molecule has 0 aliphatic carbocycles. The monoisotopic (exact) mass is 436 g/mol. The van der Waals surface area contributed by atoms with Gasteiger partial charge in [-0.1, -0.05) is 30.3 Å². The van der Waals surface area contributed by atoms with Gasteiger partial charge in [-0.05, 0) is 61.9 Å². The van der Waals surface area contributed by atoms with Gasteiger partial charge in [0.25, 0.3) is 11.8 Å². The third-order valence-corrected chi connectivity index (χ3v) is 6.26. The molecule has 0 saturated heterocycles. The number of benzene rings is 3. The number of hydrogen-bond acceptors (Lipinski definition) is 4. The third-order valence-electron chi connectivity index (χ3n) is 4.67. The fourth-order valence-corrected chi connectivity index (χ4v) is 4.38. The molecular formula is C24H24N2O2S2. The molecule has 4 nitrogen and oxygen atoms in total. The molecule has 0 heterocycles. The van der Waals surface area contributed by atoms with Crippen molar-refractivity contribution in [2.24, 2.45) is 0 Å². The predicted octanol–water partition coefficient (Wildman–Crippen LogP) is 6.05. The zero-order valence-corrected chi connectivity index (χ0v) is 18.8. The fraction of sp³-hybridized carbons (Fsp3) is 0.167. The van der Waals surface area contributed by atoms with Crippen LogP contribution in [0, 0.1) is 0 Å². The summed E-state index contributed by atoms with van der Waals surface area (Å²) in [6, 6.07) is 22.5. The molecule has 3 rings (SSSR count). The van der Waals surface area contributed by atoms with Crippen molar-refractivity contribution < 1.29 is 9.59 Å². The average Bonchev–Trinajstić information content (AvgIpc) is 2.79. The lowest BCUT2D eigenvalue weighted by molar-refractivity contribution is 0.0984. The number of hydrogen-bond donors (Lipinski definition) is 1. The second-order valence-electron chi connectivity index (χ2n) is 6.45. The van der Waals surface area contributed by atoms with Gasteiger partial charge in [0.05, 0.1) is 11.1 Å². The number of thioether (sulfide) groups is 2. The molecule has 0 unspecified atom stereocenters. The normalized spacial score (nSPS) is 10.5. The summed E-state index contributed by atoms with van der Waals surface area (Å²) in [7, 11) is 0. The van der Waals surface area contributed by atoms with Crippen LogP contribution in [0.1, 0.15) is 27.6 Å². The summed E-state index contributed by atoms with van der Waals surface area (Å²) < 4.78 is 0. The zero-order valence-electron chi connectivity index (χ0n) is 17.2. The predicted molar refractivity (Wildman–Crippen MR) is 128 cm³/mol. The van der Waals surface area contributed by atoms with Crippen LogP contribution in [-0.4, -0.2) is 30.9 Å². The molecule has 0 spiro atoms. The molecule has 0 saturated carbocycles. The highest BCUT2D eigenvalue weighted by molar-refractivity contribution is 7.99. The van der Waals surface area contributed by atoms with Gasteiger partial charge in [0, 0.05) is 27.7 Å². The standard InChI is InChI=1S/C24H24N2O2S2/c1-4-26(24(28)20-13-6-8-15-22(20)30-3)18-11-9-10-17(16-18)25-23(27)19-12-5-7-14-21(19)29-2/h5-16H,4H2,1-3H3,(H,25,27). The van der Waals surface area contributed by atoms with E-state index >= 15 is 0 Å². The second kappa shape index (κ2) is 10.4. The maximum absolute atomic E-state index is 13.2. The highest BCUT2D eigenvalue weighted by Crippen LogP contribution is 2.27. The maximum Gasteiger partial charge on any atom is 0.259 e. The highest BCUT2D eigenvalue weighted by Gasteiger charge is 2.19. The molecule has 3 aromatic rings. The number of rotatable bonds is 7. The molecule has 30 heavy (non-hydrogen) atoms. The van der Waals surface area contributed by atoms with E-state index in [1.54, 1.807) is 16.7 Å². The van der Waals surface area contributed by atoms with E-state index in [0.29, 0.717) is 23.4 Å². The quantitative estimate of drug-likeness (QED) is 0.458. The minimum atomic E-state index is -0.167. The van der Waals surface area contributed by atoms with Crippen molar-refractivity contribution in [3.05, 3.63) is 83.9 Å². The van der Waals surface area contributed by atoms with Gasteiger partial charge in [-0.2, -0.15) is 0 Å². The van der Waals surface area contributed by atoms with Crippen LogP contribution in [-0.2, 0) is 0 Å². The van der Waals surface area contributed by atoms with Gasteiger partial charge in [-0.3, -0.25) is 9.59 Å². The summed E-state index contributed by atoms with van der Waals surface area (Å²) in [6.45, 7) is 2.47. The molecule has 0 fully saturated rings. The summed E-state index contributed by atoms with van der Waals surface area (Å²) in [5, 5.41) is 2.96. The molecule has 2 amide bonds. The van der Waals surface area contributed by atoms with E-state index < -0.39 is 0 Å². The van der Waals surface area contributed by atoms with E-state index in [4.69, 9.17) is 0 Å². The number of carbonyl (C=O) groups excluding carboxylic acids is 2. The van der Waals surface area contributed by atoms with E-state index in [2.05, 4.69) is 5.32 Å². The van der Waals surface area contributed by atoms with E-state index in [-0.39, 0.29) is 11.8 Å². The van der Waals surface area contributed by atoms with Crippen LogP contribution in [0.3, 0.4) is 0 Å². The van der Waals surface area contributed by atoms with Crippen molar-refractivity contribution in [2.75, 3.05) is 29.3 Å². The Labute approximate surface area is 186 Å². The van der Waals surface area contributed by atoms with Crippen LogP contribution in [0.25, 0.3) is 0 Å². The lowest BCUT2D eigenvalue weighted by atomic mass is 10.1. The average molecular weight is 437 g/mol. The number of nitrogens with one attached hydrogen (secondary N) is 1. The van der Waals surface area contributed by atoms with E-state index in [9.17, 15) is 9.59 Å². The van der Waals surface area contributed by atoms with E-state index in [0.717, 1.165) is 15.5 Å². The molecule has 0 aromatic heterocycles. The molecule has 1 N–H and O–H groups in total. The van der Waals surface area contributed by atoms with Gasteiger partial charge in [0.1, 0.15) is 0 Å². The van der Waals surface area contributed by atoms with Crippen molar-refractivity contribution in [2.45, 2.75) is 16.7 Å². The number of anilines is 2. The molecule has 154 valence electrons. The molecule has 0 aliphatic rings. The van der Waals surface area contributed by atoms with E-state index in [1.165, 1.54) is 11.8 Å². The van der Waals surface area contributed by atoms with Crippen molar-refractivity contribution in [3.8, 4) is 0 Å². The minimum Gasteiger partial charge on any atom is -0.322 e. The Morgan fingerprint density at radius 2 is 1.43 bits per heavy atom. The maximum atomic E-state index is 13.2. The largest absolute Gasteiger partial charge is 0.322 e. The van der Waals surface area contributed by atoms with Crippen LogP contribution in [0.4, 0.5) is 11.4 Å². The minimum absolute atomic E-state index is 0.0568. The summed E-state index contributed by atoms with van der Waals surface area (Å²) in [5.74, 6) is -0.224. The lowest BCUT2D eigenvalue weighted by Gasteiger charge is -2.23. The Morgan fingerprint density at radius 3 is 2.07 bits per heavy atom. The van der Waals surface area contributed by atoms with Crippen molar-refractivity contribution in [3.63, 3.8) is 0 Å². The molecule has 3 aromatic carbocycles. The number of nitrogens with zero attached hydrogens (tertiary/aromatic N) is 1. The first-order valence-electron chi connectivity index (χ1n) is 9.58. The summed E-state index contributed by atoms with van der Waals surface area (Å²) in [6.07, 6.45) is 3.91. The first-order chi connectivity index (χ1) is 14.6. The molecule has 0 bridgehead atoms. The van der Waals surface area contributed by atoms with Crippen molar-refractivity contribution >= 4 is 46.7 Å². The van der Waals surface area contributed by atoms with Crippen molar-refractivity contribution in [1.29, 1.82) is 0 Å². The summed E-state index contributed by atoms with van der Waals surface area (Å²) >= 11 is 3.09. The van der Waals surface area contributed by atoms with Crippen LogP contribution in [0.5, 0.6) is 0 Å². The van der Waals surface area contributed by atoms with Crippen LogP contribution in [0.2, 0.25) is 0 Å². The fourth-order valence-electron chi connectivity index (χ4n) is 3.19. The molecule has 0 radical (unpaired) electrons. The van der Waals surface area contributed by atoms with Crippen LogP contribution in [0.15, 0.2) is 82.6 Å². The van der Waals surface area contributed by atoms with Gasteiger partial charge >= 0.3 is 0 Å². The lowest BCUT2D eigenvalue weighted by Crippen LogP contribution is -2.31. The Kier molecular flexibility index (Phi) is 7.60. The first-order valence-corrected chi connectivity index (χ1v) is 12.0. The Balaban J connectivity index is 1.86. The number of amides is 2. The van der Waals surface area contributed by atoms with E-state index in [1.807, 2.05) is 92.2 Å². The third kappa shape index (κ3) is 4.89. The summed E-state index contributed by atoms with van der Waals surface area (Å²) in [4.78, 5) is 29.6. The molecule has 0 aliphatic heterocycles. The topological polar surface area (TPSA) is 49.4 Å². The zero-order chi connectivity index (χ0) is 21.5. The first kappa shape index (κ1) is 22.0. The van der Waals surface area contributed by atoms with Gasteiger partial charge in [0.15, 0.2) is 0 Å². The van der Waals surface area contributed by atoms with Gasteiger partial charge in [-0.25, -0.2) is 0 Å².